The summed E-state index contributed by atoms with van der Waals surface area (Å²) in [6.45, 7) is 5.14. The Bertz CT molecular complexity index is 195. The van der Waals surface area contributed by atoms with Gasteiger partial charge in [0, 0.05) is 19.1 Å². The summed E-state index contributed by atoms with van der Waals surface area (Å²) in [6, 6.07) is 0.693. The molecule has 0 bridgehead atoms. The van der Waals surface area contributed by atoms with Crippen molar-refractivity contribution in [2.75, 3.05) is 39.3 Å². The summed E-state index contributed by atoms with van der Waals surface area (Å²) in [5.74, 6) is 0. The lowest BCUT2D eigenvalue weighted by Crippen LogP contribution is -2.38. The Balaban J connectivity index is 1.74. The second-order valence-electron chi connectivity index (χ2n) is 4.78. The fourth-order valence-corrected chi connectivity index (χ4v) is 2.74. The number of hydrogen-bond donors (Lipinski definition) is 2. The molecule has 2 rings (SSSR count). The monoisotopic (exact) mass is 214 g/mol. The third-order valence-electron chi connectivity index (χ3n) is 3.58. The zero-order valence-electron chi connectivity index (χ0n) is 9.31. The summed E-state index contributed by atoms with van der Waals surface area (Å²) in [6.07, 6.45) is 3.34. The van der Waals surface area contributed by atoms with Crippen molar-refractivity contribution in [3.8, 4) is 0 Å². The smallest absolute Gasteiger partial charge is 0.0897 e. The maximum atomic E-state index is 9.36. The van der Waals surface area contributed by atoms with Crippen LogP contribution >= 0.6 is 0 Å². The second-order valence-corrected chi connectivity index (χ2v) is 4.78. The molecule has 0 aliphatic carbocycles. The third kappa shape index (κ3) is 2.91. The number of hydrogen-bond acceptors (Lipinski definition) is 4. The van der Waals surface area contributed by atoms with Gasteiger partial charge in [-0.2, -0.15) is 0 Å². The van der Waals surface area contributed by atoms with E-state index in [4.69, 9.17) is 5.11 Å². The van der Waals surface area contributed by atoms with Crippen molar-refractivity contribution in [3.63, 3.8) is 0 Å². The van der Waals surface area contributed by atoms with Crippen LogP contribution in [0.2, 0.25) is 0 Å². The Hall–Kier alpha value is -0.160. The molecule has 15 heavy (non-hydrogen) atoms. The maximum absolute atomic E-state index is 9.36. The molecule has 2 heterocycles. The van der Waals surface area contributed by atoms with Gasteiger partial charge in [0.1, 0.15) is 0 Å². The minimum atomic E-state index is -0.567. The topological polar surface area (TPSA) is 46.9 Å². The van der Waals surface area contributed by atoms with Gasteiger partial charge in [0.25, 0.3) is 0 Å². The maximum Gasteiger partial charge on any atom is 0.0897 e. The van der Waals surface area contributed by atoms with E-state index in [0.717, 1.165) is 13.1 Å². The van der Waals surface area contributed by atoms with Crippen LogP contribution in [0.3, 0.4) is 0 Å². The van der Waals surface area contributed by atoms with Crippen LogP contribution in [0.1, 0.15) is 19.3 Å². The van der Waals surface area contributed by atoms with E-state index < -0.39 is 6.10 Å². The van der Waals surface area contributed by atoms with Gasteiger partial charge in [-0.1, -0.05) is 0 Å². The molecule has 0 spiro atoms. The van der Waals surface area contributed by atoms with Crippen LogP contribution in [0.5, 0.6) is 0 Å². The van der Waals surface area contributed by atoms with Crippen LogP contribution in [-0.4, -0.2) is 71.5 Å². The molecule has 0 aromatic carbocycles. The summed E-state index contributed by atoms with van der Waals surface area (Å²) >= 11 is 0. The Morgan fingerprint density at radius 3 is 2.60 bits per heavy atom. The van der Waals surface area contributed by atoms with E-state index in [1.54, 1.807) is 0 Å². The van der Waals surface area contributed by atoms with Crippen molar-refractivity contribution < 1.29 is 10.2 Å². The molecule has 2 aliphatic heterocycles. The predicted octanol–water partition coefficient (Wildman–Crippen LogP) is -0.490. The van der Waals surface area contributed by atoms with Crippen molar-refractivity contribution in [2.24, 2.45) is 0 Å². The van der Waals surface area contributed by atoms with E-state index in [0.29, 0.717) is 12.6 Å². The minimum Gasteiger partial charge on any atom is -0.394 e. The Morgan fingerprint density at radius 2 is 1.93 bits per heavy atom. The van der Waals surface area contributed by atoms with Crippen molar-refractivity contribution in [2.45, 2.75) is 31.4 Å². The van der Waals surface area contributed by atoms with E-state index in [1.807, 2.05) is 0 Å². The number of β-amino-alcohol motifs (C(OH)–C–C–N with tert-alkyl or cyclic N) is 1. The van der Waals surface area contributed by atoms with Crippen LogP contribution in [0.4, 0.5) is 0 Å². The summed E-state index contributed by atoms with van der Waals surface area (Å²) in [5.41, 5.74) is 0. The summed E-state index contributed by atoms with van der Waals surface area (Å²) in [5, 5.41) is 18.2. The SMILES string of the molecule is OCC(O)CN1CCC(N2CCCC2)C1. The normalized spacial score (nSPS) is 31.2. The van der Waals surface area contributed by atoms with Gasteiger partial charge in [-0.15, -0.1) is 0 Å². The van der Waals surface area contributed by atoms with Crippen molar-refractivity contribution in [3.05, 3.63) is 0 Å². The van der Waals surface area contributed by atoms with Crippen LogP contribution < -0.4 is 0 Å². The first-order chi connectivity index (χ1) is 7.29. The van der Waals surface area contributed by atoms with E-state index in [9.17, 15) is 5.11 Å². The van der Waals surface area contributed by atoms with E-state index in [2.05, 4.69) is 9.80 Å². The highest BCUT2D eigenvalue weighted by Crippen LogP contribution is 2.20. The average Bonchev–Trinajstić information content (AvgIpc) is 2.85. The van der Waals surface area contributed by atoms with Gasteiger partial charge in [-0.3, -0.25) is 9.80 Å². The summed E-state index contributed by atoms with van der Waals surface area (Å²) in [7, 11) is 0. The lowest BCUT2D eigenvalue weighted by Gasteiger charge is -2.24. The number of aliphatic hydroxyl groups is 2. The van der Waals surface area contributed by atoms with E-state index >= 15 is 0 Å². The Morgan fingerprint density at radius 1 is 1.20 bits per heavy atom. The molecule has 0 saturated carbocycles. The average molecular weight is 214 g/mol. The molecule has 2 N–H and O–H groups in total. The van der Waals surface area contributed by atoms with Crippen LogP contribution in [0, 0.1) is 0 Å². The standard InChI is InChI=1S/C11H22N2O2/c14-9-11(15)8-12-6-3-10(7-12)13-4-1-2-5-13/h10-11,14-15H,1-9H2. The molecule has 2 fully saturated rings. The van der Waals surface area contributed by atoms with Crippen LogP contribution in [0.15, 0.2) is 0 Å². The molecule has 0 amide bonds. The lowest BCUT2D eigenvalue weighted by molar-refractivity contribution is 0.0639. The lowest BCUT2D eigenvalue weighted by atomic mass is 10.2. The molecule has 2 aliphatic rings. The molecule has 2 saturated heterocycles. The minimum absolute atomic E-state index is 0.120. The van der Waals surface area contributed by atoms with Crippen LogP contribution in [0.25, 0.3) is 0 Å². The number of rotatable bonds is 4. The largest absolute Gasteiger partial charge is 0.394 e. The number of nitrogens with zero attached hydrogens (tertiary/aromatic N) is 2. The van der Waals surface area contributed by atoms with Gasteiger partial charge < -0.3 is 10.2 Å². The summed E-state index contributed by atoms with van der Waals surface area (Å²) in [4.78, 5) is 4.84. The zero-order chi connectivity index (χ0) is 10.7. The van der Waals surface area contributed by atoms with Crippen molar-refractivity contribution in [1.82, 2.24) is 9.80 Å². The van der Waals surface area contributed by atoms with Gasteiger partial charge in [0.05, 0.1) is 12.7 Å². The Kier molecular flexibility index (Phi) is 3.97. The highest BCUT2D eigenvalue weighted by atomic mass is 16.3. The van der Waals surface area contributed by atoms with Gasteiger partial charge >= 0.3 is 0 Å². The first-order valence-corrected chi connectivity index (χ1v) is 6.05. The molecule has 88 valence electrons. The van der Waals surface area contributed by atoms with Gasteiger partial charge in [0.2, 0.25) is 0 Å². The van der Waals surface area contributed by atoms with Crippen molar-refractivity contribution >= 4 is 0 Å². The molecule has 2 unspecified atom stereocenters. The Labute approximate surface area is 91.5 Å². The molecule has 0 aromatic heterocycles. The van der Waals surface area contributed by atoms with Gasteiger partial charge in [-0.05, 0) is 38.9 Å². The van der Waals surface area contributed by atoms with Gasteiger partial charge in [0.15, 0.2) is 0 Å². The first-order valence-electron chi connectivity index (χ1n) is 6.05. The van der Waals surface area contributed by atoms with Crippen molar-refractivity contribution in [1.29, 1.82) is 0 Å². The van der Waals surface area contributed by atoms with Gasteiger partial charge in [-0.25, -0.2) is 0 Å². The fraction of sp³-hybridized carbons (Fsp3) is 1.00. The number of aliphatic hydroxyl groups excluding tert-OH is 2. The molecule has 4 heteroatoms. The quantitative estimate of drug-likeness (QED) is 0.663. The highest BCUT2D eigenvalue weighted by molar-refractivity contribution is 4.86. The summed E-state index contributed by atoms with van der Waals surface area (Å²) < 4.78 is 0. The zero-order valence-corrected chi connectivity index (χ0v) is 9.31. The molecule has 0 aromatic rings. The second kappa shape index (κ2) is 5.25. The molecular formula is C11H22N2O2. The molecule has 2 atom stereocenters. The third-order valence-corrected chi connectivity index (χ3v) is 3.58. The number of likely N-dealkylation sites (tertiary alicyclic amines) is 2. The van der Waals surface area contributed by atoms with Crippen LogP contribution in [-0.2, 0) is 0 Å². The molecule has 0 radical (unpaired) electrons. The first kappa shape index (κ1) is 11.3. The predicted molar refractivity (Wildman–Crippen MR) is 58.7 cm³/mol. The highest BCUT2D eigenvalue weighted by Gasteiger charge is 2.29. The molecule has 4 nitrogen and oxygen atoms in total. The fourth-order valence-electron chi connectivity index (χ4n) is 2.74. The van der Waals surface area contributed by atoms with E-state index in [1.165, 1.54) is 32.4 Å². The van der Waals surface area contributed by atoms with E-state index in [-0.39, 0.29) is 6.61 Å². The molecular weight excluding hydrogens is 192 g/mol.